The van der Waals surface area contributed by atoms with Gasteiger partial charge in [-0.3, -0.25) is 14.4 Å². The van der Waals surface area contributed by atoms with Gasteiger partial charge in [0.1, 0.15) is 13.2 Å². The second-order valence-electron chi connectivity index (χ2n) is 18.1. The molecule has 0 rings (SSSR count). The maximum absolute atomic E-state index is 12.8. The molecule has 66 heavy (non-hydrogen) atoms. The van der Waals surface area contributed by atoms with Crippen LogP contribution < -0.4 is 0 Å². The summed E-state index contributed by atoms with van der Waals surface area (Å²) in [5, 5.41) is 0. The number of rotatable bonds is 49. The fraction of sp³-hybridized carbons (Fsp3) is 0.717. The van der Waals surface area contributed by atoms with Gasteiger partial charge in [-0.1, -0.05) is 247 Å². The molecule has 0 aliphatic carbocycles. The second kappa shape index (κ2) is 54.2. The van der Waals surface area contributed by atoms with Crippen molar-refractivity contribution in [2.24, 2.45) is 0 Å². The molecule has 0 aromatic carbocycles. The minimum atomic E-state index is -0.779. The van der Waals surface area contributed by atoms with Crippen LogP contribution in [0, 0.1) is 0 Å². The number of esters is 3. The molecule has 0 radical (unpaired) electrons. The number of hydrogen-bond acceptors (Lipinski definition) is 6. The summed E-state index contributed by atoms with van der Waals surface area (Å²) in [4.78, 5) is 37.8. The number of allylic oxidation sites excluding steroid dienone is 14. The molecule has 0 saturated carbocycles. The first-order valence-electron chi connectivity index (χ1n) is 27.6. The molecule has 378 valence electrons. The van der Waals surface area contributed by atoms with E-state index in [2.05, 4.69) is 106 Å². The highest BCUT2D eigenvalue weighted by molar-refractivity contribution is 5.71. The Hall–Kier alpha value is -3.41. The van der Waals surface area contributed by atoms with E-state index in [1.165, 1.54) is 96.3 Å². The van der Waals surface area contributed by atoms with Gasteiger partial charge in [0, 0.05) is 19.3 Å². The maximum atomic E-state index is 12.8. The van der Waals surface area contributed by atoms with Crippen LogP contribution in [-0.4, -0.2) is 37.2 Å². The molecule has 0 aromatic rings. The van der Waals surface area contributed by atoms with Crippen molar-refractivity contribution in [1.82, 2.24) is 0 Å². The van der Waals surface area contributed by atoms with Crippen LogP contribution in [-0.2, 0) is 28.6 Å². The van der Waals surface area contributed by atoms with E-state index in [9.17, 15) is 14.4 Å². The Labute approximate surface area is 407 Å². The highest BCUT2D eigenvalue weighted by atomic mass is 16.6. The van der Waals surface area contributed by atoms with Crippen LogP contribution in [0.1, 0.15) is 258 Å². The molecule has 1 unspecified atom stereocenters. The molecule has 6 heteroatoms. The summed E-state index contributed by atoms with van der Waals surface area (Å²) in [6.07, 6.45) is 70.3. The third-order valence-electron chi connectivity index (χ3n) is 11.7. The van der Waals surface area contributed by atoms with Crippen molar-refractivity contribution in [3.8, 4) is 0 Å². The van der Waals surface area contributed by atoms with E-state index in [0.717, 1.165) is 122 Å². The standard InChI is InChI=1S/C60H102O6/c1-4-7-10-13-16-18-20-22-24-25-26-27-28-29-30-31-32-33-34-35-37-38-40-42-44-47-50-53-59(62)65-56-57(55-64-58(61)52-49-46-15-12-9-6-3)66-60(63)54-51-48-45-43-41-39-36-23-21-19-17-14-11-8-5-2/h7,10,16,18,22,24,26-27,29-30,32-33,35,37,57H,4-6,8-9,11-15,17,19-21,23,25,28,31,34,36,38-56H2,1-3H3/b10-7-,18-16-,24-22-,27-26-,30-29-,33-32-,37-35-. The van der Waals surface area contributed by atoms with E-state index in [-0.39, 0.29) is 31.1 Å². The SMILES string of the molecule is CC/C=C\C/C=C\C/C=C\C/C=C\C/C=C\C/C=C\C/C=C\CCCCCCCC(=O)OCC(COC(=O)CCCCCCCC)OC(=O)CCCCCCCCCCCCCCCCC. The van der Waals surface area contributed by atoms with Crippen LogP contribution in [0.2, 0.25) is 0 Å². The van der Waals surface area contributed by atoms with E-state index in [4.69, 9.17) is 14.2 Å². The van der Waals surface area contributed by atoms with E-state index in [1.54, 1.807) is 0 Å². The molecule has 0 aromatic heterocycles. The van der Waals surface area contributed by atoms with Crippen molar-refractivity contribution in [2.75, 3.05) is 13.2 Å². The van der Waals surface area contributed by atoms with Gasteiger partial charge < -0.3 is 14.2 Å². The molecular formula is C60H102O6. The van der Waals surface area contributed by atoms with Gasteiger partial charge in [-0.2, -0.15) is 0 Å². The molecule has 0 spiro atoms. The second-order valence-corrected chi connectivity index (χ2v) is 18.1. The molecule has 6 nitrogen and oxygen atoms in total. The summed E-state index contributed by atoms with van der Waals surface area (Å²) in [5.74, 6) is -0.906. The topological polar surface area (TPSA) is 78.9 Å². The van der Waals surface area contributed by atoms with Gasteiger partial charge >= 0.3 is 17.9 Å². The zero-order valence-corrected chi connectivity index (χ0v) is 43.2. The van der Waals surface area contributed by atoms with Crippen LogP contribution in [0.15, 0.2) is 85.1 Å². The largest absolute Gasteiger partial charge is 0.462 e. The zero-order valence-electron chi connectivity index (χ0n) is 43.2. The van der Waals surface area contributed by atoms with Crippen LogP contribution in [0.3, 0.4) is 0 Å². The quantitative estimate of drug-likeness (QED) is 0.0262. The molecule has 0 aliphatic heterocycles. The summed E-state index contributed by atoms with van der Waals surface area (Å²) >= 11 is 0. The lowest BCUT2D eigenvalue weighted by Crippen LogP contribution is -2.30. The zero-order chi connectivity index (χ0) is 47.9. The monoisotopic (exact) mass is 919 g/mol. The van der Waals surface area contributed by atoms with E-state index < -0.39 is 6.10 Å². The third kappa shape index (κ3) is 51.6. The Morgan fingerprint density at radius 2 is 0.591 bits per heavy atom. The van der Waals surface area contributed by atoms with Crippen molar-refractivity contribution >= 4 is 17.9 Å². The average Bonchev–Trinajstić information content (AvgIpc) is 3.31. The van der Waals surface area contributed by atoms with Gasteiger partial charge in [-0.25, -0.2) is 0 Å². The first kappa shape index (κ1) is 62.6. The van der Waals surface area contributed by atoms with E-state index in [0.29, 0.717) is 19.3 Å². The van der Waals surface area contributed by atoms with Crippen molar-refractivity contribution in [3.05, 3.63) is 85.1 Å². The van der Waals surface area contributed by atoms with E-state index >= 15 is 0 Å². The lowest BCUT2D eigenvalue weighted by molar-refractivity contribution is -0.167. The number of carbonyl (C=O) groups excluding carboxylic acids is 3. The molecule has 0 amide bonds. The Kier molecular flexibility index (Phi) is 51.4. The summed E-state index contributed by atoms with van der Waals surface area (Å²) in [7, 11) is 0. The van der Waals surface area contributed by atoms with Crippen molar-refractivity contribution in [1.29, 1.82) is 0 Å². The fourth-order valence-corrected chi connectivity index (χ4v) is 7.54. The minimum Gasteiger partial charge on any atom is -0.462 e. The third-order valence-corrected chi connectivity index (χ3v) is 11.7. The lowest BCUT2D eigenvalue weighted by atomic mass is 10.0. The number of hydrogen-bond donors (Lipinski definition) is 0. The van der Waals surface area contributed by atoms with Crippen LogP contribution in [0.25, 0.3) is 0 Å². The molecule has 0 bridgehead atoms. The van der Waals surface area contributed by atoms with Crippen molar-refractivity contribution < 1.29 is 28.6 Å². The number of carbonyl (C=O) groups is 3. The lowest BCUT2D eigenvalue weighted by Gasteiger charge is -2.18. The van der Waals surface area contributed by atoms with Crippen molar-refractivity contribution in [3.63, 3.8) is 0 Å². The normalized spacial score (nSPS) is 12.7. The molecular weight excluding hydrogens is 817 g/mol. The smallest absolute Gasteiger partial charge is 0.306 e. The summed E-state index contributed by atoms with van der Waals surface area (Å²) in [5.41, 5.74) is 0. The fourth-order valence-electron chi connectivity index (χ4n) is 7.54. The molecule has 1 atom stereocenters. The van der Waals surface area contributed by atoms with Gasteiger partial charge in [-0.05, 0) is 77.0 Å². The van der Waals surface area contributed by atoms with E-state index in [1.807, 2.05) is 0 Å². The van der Waals surface area contributed by atoms with Crippen LogP contribution >= 0.6 is 0 Å². The first-order valence-corrected chi connectivity index (χ1v) is 27.6. The summed E-state index contributed by atoms with van der Waals surface area (Å²) in [6.45, 7) is 6.46. The predicted octanol–water partition coefficient (Wildman–Crippen LogP) is 18.4. The van der Waals surface area contributed by atoms with Crippen LogP contribution in [0.4, 0.5) is 0 Å². The molecule has 0 saturated heterocycles. The Morgan fingerprint density at radius 3 is 0.924 bits per heavy atom. The number of unbranched alkanes of at least 4 members (excludes halogenated alkanes) is 24. The summed E-state index contributed by atoms with van der Waals surface area (Å²) in [6, 6.07) is 0. The average molecular weight is 919 g/mol. The maximum Gasteiger partial charge on any atom is 0.306 e. The Bertz CT molecular complexity index is 1290. The minimum absolute atomic E-state index is 0.0810. The van der Waals surface area contributed by atoms with Gasteiger partial charge in [0.15, 0.2) is 6.10 Å². The van der Waals surface area contributed by atoms with Gasteiger partial charge in [-0.15, -0.1) is 0 Å². The van der Waals surface area contributed by atoms with Crippen molar-refractivity contribution in [2.45, 2.75) is 264 Å². The van der Waals surface area contributed by atoms with Gasteiger partial charge in [0.25, 0.3) is 0 Å². The predicted molar refractivity (Wildman–Crippen MR) is 284 cm³/mol. The van der Waals surface area contributed by atoms with Crippen LogP contribution in [0.5, 0.6) is 0 Å². The molecule has 0 N–H and O–H groups in total. The highest BCUT2D eigenvalue weighted by Gasteiger charge is 2.19. The summed E-state index contributed by atoms with van der Waals surface area (Å²) < 4.78 is 16.7. The molecule has 0 aliphatic rings. The first-order chi connectivity index (χ1) is 32.5. The Balaban J connectivity index is 4.19. The molecule has 0 heterocycles. The number of ether oxygens (including phenoxy) is 3. The van der Waals surface area contributed by atoms with Gasteiger partial charge in [0.05, 0.1) is 0 Å². The Morgan fingerprint density at radius 1 is 0.318 bits per heavy atom. The highest BCUT2D eigenvalue weighted by Crippen LogP contribution is 2.15. The van der Waals surface area contributed by atoms with Gasteiger partial charge in [0.2, 0.25) is 0 Å². The molecule has 0 fully saturated rings.